The third-order valence-corrected chi connectivity index (χ3v) is 15.5. The summed E-state index contributed by atoms with van der Waals surface area (Å²) in [5.74, 6) is 0.921. The van der Waals surface area contributed by atoms with Gasteiger partial charge in [0, 0.05) is 11.3 Å². The molecule has 348 valence electrons. The molecule has 75 heavy (non-hydrogen) atoms. The first kappa shape index (κ1) is 42.8. The van der Waals surface area contributed by atoms with Gasteiger partial charge in [0.1, 0.15) is 5.82 Å². The molecule has 0 amide bonds. The fourth-order valence-electron chi connectivity index (χ4n) is 12.1. The lowest BCUT2D eigenvalue weighted by atomic mass is 9.84. The normalized spacial score (nSPS) is 11.7. The number of benzene rings is 14. The lowest BCUT2D eigenvalue weighted by molar-refractivity contribution is 1.10. The van der Waals surface area contributed by atoms with E-state index in [-0.39, 0.29) is 0 Å². The maximum absolute atomic E-state index is 5.24. The van der Waals surface area contributed by atoms with E-state index in [1.54, 1.807) is 0 Å². The topological polar surface area (TPSA) is 17.8 Å². The van der Waals surface area contributed by atoms with Gasteiger partial charge in [-0.3, -0.25) is 4.57 Å². The molecule has 0 bridgehead atoms. The van der Waals surface area contributed by atoms with Crippen LogP contribution in [0.25, 0.3) is 148 Å². The first-order chi connectivity index (χ1) is 37.2. The van der Waals surface area contributed by atoms with Gasteiger partial charge in [-0.15, -0.1) is 0 Å². The predicted octanol–water partition coefficient (Wildman–Crippen LogP) is 19.9. The van der Waals surface area contributed by atoms with Gasteiger partial charge >= 0.3 is 0 Å². The van der Waals surface area contributed by atoms with Gasteiger partial charge in [0.2, 0.25) is 0 Å². The molecule has 2 heteroatoms. The van der Waals surface area contributed by atoms with Crippen LogP contribution in [0.15, 0.2) is 279 Å². The van der Waals surface area contributed by atoms with Crippen molar-refractivity contribution in [2.24, 2.45) is 0 Å². The van der Waals surface area contributed by atoms with E-state index >= 15 is 0 Å². The second-order valence-electron chi connectivity index (χ2n) is 19.8. The first-order valence-corrected chi connectivity index (χ1v) is 25.8. The zero-order valence-electron chi connectivity index (χ0n) is 41.0. The van der Waals surface area contributed by atoms with E-state index in [2.05, 4.69) is 284 Å². The summed E-state index contributed by atoms with van der Waals surface area (Å²) in [5.41, 5.74) is 16.3. The third-order valence-electron chi connectivity index (χ3n) is 15.5. The minimum absolute atomic E-state index is 0.921. The van der Waals surface area contributed by atoms with Gasteiger partial charge in [-0.2, -0.15) is 0 Å². The molecule has 2 nitrogen and oxygen atoms in total. The summed E-state index contributed by atoms with van der Waals surface area (Å²) in [6, 6.07) is 102. The number of nitrogens with zero attached hydrogens (tertiary/aromatic N) is 2. The Morgan fingerprint density at radius 2 is 0.640 bits per heavy atom. The molecule has 15 aromatic rings. The standard InChI is InChI=1S/C73H46N2/c1-2-23-58(24-3-1)75-68-32-15-14-31-67(68)74-73(75)57-22-16-21-54(45-57)70-61-27-10-8-25-59(61)69(60-26-9-11-28-62(60)70)50-37-33-49(34-38-50)53-41-42-65-66(46-53)72(56-40-36-48-18-5-7-20-52(48)44-56)64-30-13-12-29-63(64)71(65)55-39-35-47-17-4-6-19-51(47)43-55/h1-46H. The summed E-state index contributed by atoms with van der Waals surface area (Å²) in [6.45, 7) is 0. The SMILES string of the molecule is c1ccc(-n2c(-c3cccc(-c4c5ccccc5c(-c5ccc(-c6ccc7c(-c8ccc9ccccc9c8)c8ccccc8c(-c8ccc9ccccc9c8)c7c6)cc5)c5ccccc45)c3)nc3ccccc32)cc1. The van der Waals surface area contributed by atoms with Gasteiger partial charge in [0.25, 0.3) is 0 Å². The zero-order chi connectivity index (χ0) is 49.4. The lowest BCUT2D eigenvalue weighted by Crippen LogP contribution is -1.97. The van der Waals surface area contributed by atoms with E-state index in [9.17, 15) is 0 Å². The monoisotopic (exact) mass is 950 g/mol. The molecule has 0 aliphatic carbocycles. The van der Waals surface area contributed by atoms with E-state index in [0.29, 0.717) is 0 Å². The van der Waals surface area contributed by atoms with E-state index < -0.39 is 0 Å². The minimum Gasteiger partial charge on any atom is -0.292 e. The van der Waals surface area contributed by atoms with Gasteiger partial charge in [-0.05, 0) is 169 Å². The molecule has 0 radical (unpaired) electrons. The van der Waals surface area contributed by atoms with Crippen LogP contribution < -0.4 is 0 Å². The van der Waals surface area contributed by atoms with Crippen LogP contribution in [-0.2, 0) is 0 Å². The van der Waals surface area contributed by atoms with E-state index in [0.717, 1.165) is 33.7 Å². The van der Waals surface area contributed by atoms with Gasteiger partial charge in [0.15, 0.2) is 0 Å². The number of para-hydroxylation sites is 3. The van der Waals surface area contributed by atoms with Gasteiger partial charge < -0.3 is 0 Å². The van der Waals surface area contributed by atoms with Crippen LogP contribution in [0.3, 0.4) is 0 Å². The fraction of sp³-hybridized carbons (Fsp3) is 0. The maximum atomic E-state index is 5.24. The van der Waals surface area contributed by atoms with Crippen molar-refractivity contribution in [3.8, 4) is 72.7 Å². The number of imidazole rings is 1. The largest absolute Gasteiger partial charge is 0.292 e. The second kappa shape index (κ2) is 17.4. The predicted molar refractivity (Wildman–Crippen MR) is 319 cm³/mol. The Bertz CT molecular complexity index is 4700. The molecule has 0 N–H and O–H groups in total. The summed E-state index contributed by atoms with van der Waals surface area (Å²) >= 11 is 0. The molecule has 0 fully saturated rings. The molecular weight excluding hydrogens is 905 g/mol. The average molecular weight is 951 g/mol. The highest BCUT2D eigenvalue weighted by Crippen LogP contribution is 2.48. The van der Waals surface area contributed by atoms with Crippen LogP contribution in [-0.4, -0.2) is 9.55 Å². The van der Waals surface area contributed by atoms with E-state index in [1.165, 1.54) is 115 Å². The average Bonchev–Trinajstić information content (AvgIpc) is 3.88. The van der Waals surface area contributed by atoms with Crippen molar-refractivity contribution < 1.29 is 0 Å². The highest BCUT2D eigenvalue weighted by atomic mass is 15.1. The highest BCUT2D eigenvalue weighted by molar-refractivity contribution is 6.24. The Kier molecular flexibility index (Phi) is 9.93. The van der Waals surface area contributed by atoms with Gasteiger partial charge in [0.05, 0.1) is 11.0 Å². The summed E-state index contributed by atoms with van der Waals surface area (Å²) in [6.07, 6.45) is 0. The van der Waals surface area contributed by atoms with E-state index in [4.69, 9.17) is 4.98 Å². The Morgan fingerprint density at radius 3 is 1.23 bits per heavy atom. The van der Waals surface area contributed by atoms with Crippen molar-refractivity contribution in [2.45, 2.75) is 0 Å². The minimum atomic E-state index is 0.921. The van der Waals surface area contributed by atoms with Crippen molar-refractivity contribution in [3.63, 3.8) is 0 Å². The molecule has 0 saturated carbocycles. The molecule has 1 heterocycles. The van der Waals surface area contributed by atoms with E-state index in [1.807, 2.05) is 0 Å². The Balaban J connectivity index is 0.883. The number of aromatic nitrogens is 2. The van der Waals surface area contributed by atoms with Crippen molar-refractivity contribution in [2.75, 3.05) is 0 Å². The third kappa shape index (κ3) is 7.06. The quantitative estimate of drug-likeness (QED) is 0.146. The summed E-state index contributed by atoms with van der Waals surface area (Å²) in [5, 5.41) is 14.8. The summed E-state index contributed by atoms with van der Waals surface area (Å²) in [7, 11) is 0. The number of hydrogen-bond donors (Lipinski definition) is 0. The highest BCUT2D eigenvalue weighted by Gasteiger charge is 2.21. The van der Waals surface area contributed by atoms with Crippen LogP contribution in [0.4, 0.5) is 0 Å². The smallest absolute Gasteiger partial charge is 0.145 e. The van der Waals surface area contributed by atoms with Crippen LogP contribution in [0.1, 0.15) is 0 Å². The van der Waals surface area contributed by atoms with Crippen LogP contribution in [0.2, 0.25) is 0 Å². The number of rotatable bonds is 7. The molecule has 0 aliphatic heterocycles. The maximum Gasteiger partial charge on any atom is 0.145 e. The molecule has 14 aromatic carbocycles. The second-order valence-corrected chi connectivity index (χ2v) is 19.8. The molecule has 0 saturated heterocycles. The molecule has 0 spiro atoms. The van der Waals surface area contributed by atoms with Crippen LogP contribution in [0, 0.1) is 0 Å². The summed E-state index contributed by atoms with van der Waals surface area (Å²) < 4.78 is 2.28. The van der Waals surface area contributed by atoms with Crippen molar-refractivity contribution in [1.82, 2.24) is 9.55 Å². The summed E-state index contributed by atoms with van der Waals surface area (Å²) in [4.78, 5) is 5.24. The molecule has 0 atom stereocenters. The first-order valence-electron chi connectivity index (χ1n) is 25.8. The van der Waals surface area contributed by atoms with Gasteiger partial charge in [-0.1, -0.05) is 231 Å². The van der Waals surface area contributed by atoms with Crippen LogP contribution in [0.5, 0.6) is 0 Å². The molecule has 0 aliphatic rings. The Morgan fingerprint density at radius 1 is 0.227 bits per heavy atom. The number of fused-ring (bicyclic) bond motifs is 7. The van der Waals surface area contributed by atoms with Crippen LogP contribution >= 0.6 is 0 Å². The lowest BCUT2D eigenvalue weighted by Gasteiger charge is -2.20. The Hall–Kier alpha value is -9.89. The van der Waals surface area contributed by atoms with Crippen molar-refractivity contribution >= 4 is 75.7 Å². The Labute approximate surface area is 434 Å². The molecular formula is C73H46N2. The fourth-order valence-corrected chi connectivity index (χ4v) is 12.1. The molecule has 1 aromatic heterocycles. The zero-order valence-corrected chi connectivity index (χ0v) is 41.0. The molecule has 0 unspecified atom stereocenters. The van der Waals surface area contributed by atoms with Crippen molar-refractivity contribution in [1.29, 1.82) is 0 Å². The van der Waals surface area contributed by atoms with Gasteiger partial charge in [-0.25, -0.2) is 4.98 Å². The number of hydrogen-bond acceptors (Lipinski definition) is 1. The molecule has 15 rings (SSSR count). The van der Waals surface area contributed by atoms with Crippen molar-refractivity contribution in [3.05, 3.63) is 279 Å².